The molecule has 0 spiro atoms. The van der Waals surface area contributed by atoms with Crippen LogP contribution in [0.5, 0.6) is 0 Å². The number of nitrogens with one attached hydrogen (secondary N) is 3. The quantitative estimate of drug-likeness (QED) is 0.0304. The van der Waals surface area contributed by atoms with Gasteiger partial charge in [-0.3, -0.25) is 61.5 Å². The van der Waals surface area contributed by atoms with E-state index >= 15 is 0 Å². The predicted molar refractivity (Wildman–Crippen MR) is 245 cm³/mol. The van der Waals surface area contributed by atoms with E-state index in [0.717, 1.165) is 32.9 Å². The largest absolute Gasteiger partial charge is 0.490 e. The Bertz CT molecular complexity index is 3400. The van der Waals surface area contributed by atoms with Crippen molar-refractivity contribution in [2.75, 3.05) is 49.0 Å². The van der Waals surface area contributed by atoms with E-state index < -0.39 is 147 Å². The van der Waals surface area contributed by atoms with Crippen molar-refractivity contribution in [3.8, 4) is 0 Å². The van der Waals surface area contributed by atoms with Crippen LogP contribution in [0.1, 0.15) is 12.5 Å². The van der Waals surface area contributed by atoms with Gasteiger partial charge in [0.05, 0.1) is 39.5 Å². The first-order valence-electron chi connectivity index (χ1n) is 21.3. The number of aromatic amines is 3. The fraction of sp³-hybridized carbons (Fsp3) is 0.500. The molecule has 0 saturated carbocycles. The number of aromatic nitrogens is 10. The second kappa shape index (κ2) is 21.5. The van der Waals surface area contributed by atoms with Gasteiger partial charge in [-0.25, -0.2) is 28.2 Å². The number of quaternary nitrogens is 1. The lowest BCUT2D eigenvalue weighted by Gasteiger charge is -2.28. The average molecular weight is 1160 g/mol. The fourth-order valence-corrected chi connectivity index (χ4v) is 12.4. The molecule has 3 saturated heterocycles. The molecule has 5 aromatic heterocycles. The minimum absolute atomic E-state index is 0.0758. The second-order valence-electron chi connectivity index (χ2n) is 16.3. The van der Waals surface area contributed by atoms with Crippen molar-refractivity contribution in [1.29, 1.82) is 0 Å². The zero-order valence-electron chi connectivity index (χ0n) is 38.2. The first-order chi connectivity index (χ1) is 35.5. The molecule has 418 valence electrons. The number of hydrogen-bond acceptors (Lipinski definition) is 30. The van der Waals surface area contributed by atoms with Crippen molar-refractivity contribution in [3.05, 3.63) is 56.5 Å². The Balaban J connectivity index is 0.928. The zero-order valence-corrected chi connectivity index (χ0v) is 41.8. The molecule has 20 N–H and O–H groups in total. The number of phosphoric acid groups is 4. The Morgan fingerprint density at radius 1 is 0.658 bits per heavy atom. The van der Waals surface area contributed by atoms with Crippen molar-refractivity contribution in [2.24, 2.45) is 0 Å². The van der Waals surface area contributed by atoms with Gasteiger partial charge in [0, 0.05) is 6.20 Å². The lowest BCUT2D eigenvalue weighted by atomic mass is 10.1. The van der Waals surface area contributed by atoms with Gasteiger partial charge >= 0.3 is 36.9 Å². The SMILES string of the molecule is C=CN(c1nc(N)[nH]c(=O)c1[NH2+]C)C1OC(COP(=O)(O)OP(=O)(O)OP(=O)(O)OCC2OC(n3cnc4c(=O)[nH]c(N)nc43)C(O)C2OP(=O)(O)OCC2OC(n3cnc4c(=O)[nH]c(N)nc43)C(O)C2O)C(O)C1O. The summed E-state index contributed by atoms with van der Waals surface area (Å²) >= 11 is 0. The van der Waals surface area contributed by atoms with Crippen LogP contribution in [-0.2, 0) is 59.2 Å². The number of imidazole rings is 2. The number of aliphatic hydroxyl groups excluding tert-OH is 5. The maximum Gasteiger partial charge on any atom is 0.490 e. The van der Waals surface area contributed by atoms with Gasteiger partial charge in [-0.2, -0.15) is 23.6 Å². The molecule has 76 heavy (non-hydrogen) atoms. The molecule has 0 amide bonds. The summed E-state index contributed by atoms with van der Waals surface area (Å²) in [5.74, 6) is -1.36. The fourth-order valence-electron chi connectivity index (χ4n) is 7.93. The summed E-state index contributed by atoms with van der Waals surface area (Å²) in [6, 6.07) is 0. The van der Waals surface area contributed by atoms with Gasteiger partial charge < -0.3 is 81.8 Å². The molecule has 0 radical (unpaired) electrons. The molecular weight excluding hydrogens is 1120 g/mol. The van der Waals surface area contributed by atoms with Crippen LogP contribution in [0.2, 0.25) is 0 Å². The number of nitrogens with two attached hydrogens (primary N) is 4. The van der Waals surface area contributed by atoms with Crippen LogP contribution in [0.25, 0.3) is 22.3 Å². The molecule has 0 aromatic carbocycles. The lowest BCUT2D eigenvalue weighted by molar-refractivity contribution is -0.540. The summed E-state index contributed by atoms with van der Waals surface area (Å²) in [7, 11) is -22.3. The molecule has 44 heteroatoms. The first-order valence-corrected chi connectivity index (χ1v) is 27.3. The monoisotopic (exact) mass is 1160 g/mol. The van der Waals surface area contributed by atoms with Gasteiger partial charge in [0.25, 0.3) is 11.1 Å². The molecule has 0 bridgehead atoms. The third-order valence-corrected chi connectivity index (χ3v) is 16.5. The highest BCUT2D eigenvalue weighted by molar-refractivity contribution is 7.66. The Morgan fingerprint density at radius 3 is 1.63 bits per heavy atom. The van der Waals surface area contributed by atoms with E-state index in [4.69, 9.17) is 45.0 Å². The van der Waals surface area contributed by atoms with Crippen LogP contribution in [0.3, 0.4) is 0 Å². The van der Waals surface area contributed by atoms with E-state index in [1.54, 1.807) is 0 Å². The number of rotatable bonds is 21. The molecule has 3 fully saturated rings. The Morgan fingerprint density at radius 2 is 1.11 bits per heavy atom. The summed E-state index contributed by atoms with van der Waals surface area (Å²) in [6.45, 7) is -0.118. The number of ether oxygens (including phenoxy) is 3. The average Bonchev–Trinajstić information content (AvgIpc) is 4.13. The Hall–Kier alpha value is -5.32. The van der Waals surface area contributed by atoms with Crippen molar-refractivity contribution < 1.29 is 110 Å². The van der Waals surface area contributed by atoms with Crippen molar-refractivity contribution in [1.82, 2.24) is 49.0 Å². The number of fused-ring (bicyclic) bond motifs is 2. The van der Waals surface area contributed by atoms with Crippen LogP contribution in [0.4, 0.5) is 29.4 Å². The summed E-state index contributed by atoms with van der Waals surface area (Å²) in [5, 5.41) is 55.9. The summed E-state index contributed by atoms with van der Waals surface area (Å²) in [5.41, 5.74) is 13.4. The minimum Gasteiger partial charge on any atom is -0.387 e. The van der Waals surface area contributed by atoms with Gasteiger partial charge in [0.15, 0.2) is 41.0 Å². The molecule has 16 unspecified atom stereocenters. The van der Waals surface area contributed by atoms with E-state index in [-0.39, 0.29) is 45.7 Å². The van der Waals surface area contributed by atoms with Crippen molar-refractivity contribution >= 4 is 83.0 Å². The number of anilines is 4. The summed E-state index contributed by atoms with van der Waals surface area (Å²) in [6.07, 6.45) is -19.4. The smallest absolute Gasteiger partial charge is 0.387 e. The van der Waals surface area contributed by atoms with E-state index in [0.29, 0.717) is 0 Å². The van der Waals surface area contributed by atoms with Crippen molar-refractivity contribution in [2.45, 2.75) is 73.6 Å². The van der Waals surface area contributed by atoms with E-state index in [1.807, 2.05) is 0 Å². The number of nitrogens with zero attached hydrogens (tertiary/aromatic N) is 8. The third-order valence-electron chi connectivity index (χ3n) is 11.3. The molecule has 40 nitrogen and oxygen atoms in total. The van der Waals surface area contributed by atoms with Crippen LogP contribution < -0.4 is 44.1 Å². The highest BCUT2D eigenvalue weighted by Crippen LogP contribution is 2.68. The minimum atomic E-state index is -6.27. The molecule has 5 aromatic rings. The van der Waals surface area contributed by atoms with Gasteiger partial charge in [-0.15, -0.1) is 0 Å². The molecule has 8 rings (SSSR count). The highest BCUT2D eigenvalue weighted by atomic mass is 31.3. The number of hydrogen-bond donors (Lipinski definition) is 16. The Kier molecular flexibility index (Phi) is 16.1. The van der Waals surface area contributed by atoms with Gasteiger partial charge in [-0.05, 0) is 0 Å². The van der Waals surface area contributed by atoms with Gasteiger partial charge in [0.1, 0.15) is 54.9 Å². The molecule has 3 aliphatic heterocycles. The number of phosphoric ester groups is 3. The number of aliphatic hydroxyl groups is 5. The summed E-state index contributed by atoms with van der Waals surface area (Å²) in [4.78, 5) is 107. The lowest BCUT2D eigenvalue weighted by Crippen LogP contribution is -2.75. The molecule has 16 atom stereocenters. The maximum absolute atomic E-state index is 13.5. The van der Waals surface area contributed by atoms with Gasteiger partial charge in [-0.1, -0.05) is 6.58 Å². The van der Waals surface area contributed by atoms with Crippen LogP contribution in [-0.4, -0.2) is 182 Å². The molecule has 3 aliphatic rings. The third kappa shape index (κ3) is 11.7. The van der Waals surface area contributed by atoms with Gasteiger partial charge in [0.2, 0.25) is 29.4 Å². The molecule has 0 aliphatic carbocycles. The maximum atomic E-state index is 13.5. The highest BCUT2D eigenvalue weighted by Gasteiger charge is 2.53. The van der Waals surface area contributed by atoms with Crippen LogP contribution in [0.15, 0.2) is 39.8 Å². The molecule has 8 heterocycles. The van der Waals surface area contributed by atoms with E-state index in [1.165, 1.54) is 12.4 Å². The van der Waals surface area contributed by atoms with E-state index in [9.17, 15) is 77.8 Å². The van der Waals surface area contributed by atoms with Crippen molar-refractivity contribution in [3.63, 3.8) is 0 Å². The number of H-pyrrole nitrogens is 3. The second-order valence-corrected chi connectivity index (χ2v) is 22.3. The van der Waals surface area contributed by atoms with Crippen LogP contribution >= 0.6 is 31.3 Å². The van der Waals surface area contributed by atoms with E-state index in [2.05, 4.69) is 59.6 Å². The molecular formula is C32H46N15O25P4+. The van der Waals surface area contributed by atoms with Crippen LogP contribution in [0, 0.1) is 0 Å². The number of nitrogen functional groups attached to an aromatic ring is 3. The normalized spacial score (nSPS) is 30.0. The Labute approximate surface area is 420 Å². The zero-order chi connectivity index (χ0) is 55.6. The summed E-state index contributed by atoms with van der Waals surface area (Å²) < 4.78 is 99.1. The standard InChI is InChI=1S/C32H45N15O25P4/c1-3-45(21-12(36-2)24(53)42-30(33)39-21)27-17(50)15(48)10(67-27)5-65-74(58,59)71-76(62,63)72-75(60,61)66-6-11-20(19(52)29(69-11)47-8-38-14-23(47)41-32(35)44-26(14)55)70-73(56,57)64-4-9-16(49)18(51)28(68-9)46-7-37-13-22(46)40-31(34)43-25(13)54/h3,7-11,15-20,27-29,36,48-52H,1,4-6H2,2H3,(H,56,57)(H,58,59)(H,60,61)(H,62,63)(H3,33,39,42,53)(H3,34,40,43,54)(H3,35,41,44,55)/p+1. The topological polar surface area (TPSA) is 604 Å². The first kappa shape index (κ1) is 56.9. The predicted octanol–water partition coefficient (Wildman–Crippen LogP) is -6.25.